The van der Waals surface area contributed by atoms with Crippen LogP contribution in [0.4, 0.5) is 0 Å². The van der Waals surface area contributed by atoms with Crippen LogP contribution in [0.3, 0.4) is 0 Å². The van der Waals surface area contributed by atoms with E-state index in [1.165, 1.54) is 6.07 Å². The van der Waals surface area contributed by atoms with E-state index in [0.29, 0.717) is 17.7 Å². The number of carboxylic acids is 1. The highest BCUT2D eigenvalue weighted by molar-refractivity contribution is 6.33. The minimum Gasteiger partial charge on any atom is -0.478 e. The van der Waals surface area contributed by atoms with Crippen molar-refractivity contribution in [3.63, 3.8) is 0 Å². The molecule has 23 heavy (non-hydrogen) atoms. The molecule has 1 unspecified atom stereocenters. The first-order valence-corrected chi connectivity index (χ1v) is 7.83. The van der Waals surface area contributed by atoms with E-state index in [2.05, 4.69) is 5.32 Å². The van der Waals surface area contributed by atoms with Crippen LogP contribution in [0.5, 0.6) is 0 Å². The monoisotopic (exact) mass is 329 g/mol. The van der Waals surface area contributed by atoms with Crippen LogP contribution in [0.2, 0.25) is 5.02 Å². The van der Waals surface area contributed by atoms with Crippen LogP contribution < -0.4 is 5.32 Å². The Balaban J connectivity index is 2.05. The topological polar surface area (TPSA) is 66.4 Å². The lowest BCUT2D eigenvalue weighted by Crippen LogP contribution is -2.18. The molecule has 1 atom stereocenters. The highest BCUT2D eigenvalue weighted by atomic mass is 35.5. The molecule has 5 heteroatoms. The third kappa shape index (κ3) is 3.14. The Morgan fingerprint density at radius 2 is 1.91 bits per heavy atom. The van der Waals surface area contributed by atoms with Gasteiger partial charge in [0.15, 0.2) is 5.78 Å². The second kappa shape index (κ2) is 6.52. The molecular formula is C18H16ClNO3. The fourth-order valence-electron chi connectivity index (χ4n) is 2.90. The molecule has 0 bridgehead atoms. The fourth-order valence-corrected chi connectivity index (χ4v) is 3.10. The third-order valence-electron chi connectivity index (χ3n) is 4.13. The van der Waals surface area contributed by atoms with E-state index in [4.69, 9.17) is 11.6 Å². The maximum atomic E-state index is 12.7. The Morgan fingerprint density at radius 1 is 1.13 bits per heavy atom. The second-order valence-electron chi connectivity index (χ2n) is 5.60. The lowest BCUT2D eigenvalue weighted by atomic mass is 9.90. The number of Topliss-reactive ketones (excluding diaryl/α,β-unsaturated/α-hetero) is 1. The lowest BCUT2D eigenvalue weighted by molar-refractivity contribution is 0.0697. The summed E-state index contributed by atoms with van der Waals surface area (Å²) in [5.74, 6) is -1.01. The molecular weight excluding hydrogens is 314 g/mol. The van der Waals surface area contributed by atoms with Gasteiger partial charge in [-0.3, -0.25) is 4.79 Å². The van der Waals surface area contributed by atoms with E-state index < -0.39 is 5.97 Å². The summed E-state index contributed by atoms with van der Waals surface area (Å²) in [6.45, 7) is 1.54. The van der Waals surface area contributed by atoms with Crippen LogP contribution in [0.1, 0.15) is 27.1 Å². The predicted octanol–water partition coefficient (Wildman–Crippen LogP) is 3.50. The summed E-state index contributed by atoms with van der Waals surface area (Å²) >= 11 is 5.93. The van der Waals surface area contributed by atoms with Gasteiger partial charge in [-0.1, -0.05) is 41.9 Å². The van der Waals surface area contributed by atoms with Gasteiger partial charge in [0.25, 0.3) is 0 Å². The first-order chi connectivity index (χ1) is 11.1. The van der Waals surface area contributed by atoms with Crippen LogP contribution in [0, 0.1) is 5.92 Å². The van der Waals surface area contributed by atoms with Crippen LogP contribution in [-0.4, -0.2) is 29.9 Å². The summed E-state index contributed by atoms with van der Waals surface area (Å²) in [5.41, 5.74) is 2.08. The number of nitrogens with one attached hydrogen (secondary N) is 1. The molecule has 2 aromatic rings. The number of aromatic carboxylic acids is 1. The van der Waals surface area contributed by atoms with Crippen molar-refractivity contribution >= 4 is 23.4 Å². The van der Waals surface area contributed by atoms with E-state index in [9.17, 15) is 14.7 Å². The van der Waals surface area contributed by atoms with Crippen molar-refractivity contribution in [2.75, 3.05) is 13.1 Å². The molecule has 4 nitrogen and oxygen atoms in total. The molecule has 2 aromatic carbocycles. The Labute approximate surface area is 139 Å². The molecule has 0 aliphatic carbocycles. The van der Waals surface area contributed by atoms with E-state index in [0.717, 1.165) is 18.5 Å². The number of rotatable bonds is 4. The van der Waals surface area contributed by atoms with Crippen LogP contribution in [0.15, 0.2) is 42.5 Å². The normalized spacial score (nSPS) is 17.2. The molecule has 0 spiro atoms. The minimum atomic E-state index is -1.08. The molecule has 118 valence electrons. The Kier molecular flexibility index (Phi) is 4.46. The maximum Gasteiger partial charge on any atom is 0.337 e. The number of ketones is 1. The Hall–Kier alpha value is -2.17. The van der Waals surface area contributed by atoms with Gasteiger partial charge in [-0.15, -0.1) is 0 Å². The number of carbonyl (C=O) groups is 2. The summed E-state index contributed by atoms with van der Waals surface area (Å²) in [4.78, 5) is 24.0. The summed E-state index contributed by atoms with van der Waals surface area (Å²) in [6, 6.07) is 12.1. The highest BCUT2D eigenvalue weighted by Gasteiger charge is 2.25. The SMILES string of the molecule is O=C(O)c1cc(-c2ccccc2C(=O)C2CCNC2)ccc1Cl. The summed E-state index contributed by atoms with van der Waals surface area (Å²) in [7, 11) is 0. The molecule has 0 aromatic heterocycles. The zero-order valence-electron chi connectivity index (χ0n) is 12.4. The van der Waals surface area contributed by atoms with Gasteiger partial charge in [0.2, 0.25) is 0 Å². The fraction of sp³-hybridized carbons (Fsp3) is 0.222. The largest absolute Gasteiger partial charge is 0.478 e. The molecule has 0 amide bonds. The molecule has 1 aliphatic rings. The number of carbonyl (C=O) groups excluding carboxylic acids is 1. The smallest absolute Gasteiger partial charge is 0.337 e. The van der Waals surface area contributed by atoms with Gasteiger partial charge in [0, 0.05) is 18.0 Å². The molecule has 1 heterocycles. The molecule has 1 saturated heterocycles. The van der Waals surface area contributed by atoms with Crippen molar-refractivity contribution in [2.45, 2.75) is 6.42 Å². The van der Waals surface area contributed by atoms with E-state index >= 15 is 0 Å². The molecule has 2 N–H and O–H groups in total. The van der Waals surface area contributed by atoms with Gasteiger partial charge in [-0.2, -0.15) is 0 Å². The van der Waals surface area contributed by atoms with Gasteiger partial charge in [-0.05, 0) is 36.2 Å². The van der Waals surface area contributed by atoms with Crippen molar-refractivity contribution in [2.24, 2.45) is 5.92 Å². The standard InChI is InChI=1S/C18H16ClNO3/c19-16-6-5-11(9-15(16)18(22)23)13-3-1-2-4-14(13)17(21)12-7-8-20-10-12/h1-6,9,12,20H,7-8,10H2,(H,22,23). The van der Waals surface area contributed by atoms with Crippen molar-refractivity contribution < 1.29 is 14.7 Å². The Bertz CT molecular complexity index is 767. The van der Waals surface area contributed by atoms with E-state index in [1.807, 2.05) is 18.2 Å². The average Bonchev–Trinajstić information content (AvgIpc) is 3.09. The average molecular weight is 330 g/mol. The Morgan fingerprint density at radius 3 is 2.61 bits per heavy atom. The van der Waals surface area contributed by atoms with Crippen LogP contribution >= 0.6 is 11.6 Å². The molecule has 3 rings (SSSR count). The van der Waals surface area contributed by atoms with Crippen molar-refractivity contribution in [1.29, 1.82) is 0 Å². The number of halogens is 1. The quantitative estimate of drug-likeness (QED) is 0.843. The van der Waals surface area contributed by atoms with Crippen LogP contribution in [-0.2, 0) is 0 Å². The van der Waals surface area contributed by atoms with Gasteiger partial charge >= 0.3 is 5.97 Å². The van der Waals surface area contributed by atoms with Gasteiger partial charge in [0.05, 0.1) is 10.6 Å². The van der Waals surface area contributed by atoms with E-state index in [-0.39, 0.29) is 22.3 Å². The van der Waals surface area contributed by atoms with Gasteiger partial charge in [-0.25, -0.2) is 4.79 Å². The zero-order valence-corrected chi connectivity index (χ0v) is 13.1. The number of hydrogen-bond donors (Lipinski definition) is 2. The minimum absolute atomic E-state index is 0.0256. The first-order valence-electron chi connectivity index (χ1n) is 7.45. The summed E-state index contributed by atoms with van der Waals surface area (Å²) in [6.07, 6.45) is 0.828. The van der Waals surface area contributed by atoms with Crippen molar-refractivity contribution in [3.05, 3.63) is 58.6 Å². The van der Waals surface area contributed by atoms with E-state index in [1.54, 1.807) is 18.2 Å². The first kappa shape index (κ1) is 15.7. The zero-order chi connectivity index (χ0) is 16.4. The lowest BCUT2D eigenvalue weighted by Gasteiger charge is -2.13. The highest BCUT2D eigenvalue weighted by Crippen LogP contribution is 2.30. The molecule has 0 saturated carbocycles. The third-order valence-corrected chi connectivity index (χ3v) is 4.46. The summed E-state index contributed by atoms with van der Waals surface area (Å²) < 4.78 is 0. The predicted molar refractivity (Wildman–Crippen MR) is 89.2 cm³/mol. The van der Waals surface area contributed by atoms with Gasteiger partial charge in [0.1, 0.15) is 0 Å². The molecule has 1 fully saturated rings. The molecule has 1 aliphatic heterocycles. The summed E-state index contributed by atoms with van der Waals surface area (Å²) in [5, 5.41) is 12.6. The number of benzene rings is 2. The second-order valence-corrected chi connectivity index (χ2v) is 6.01. The number of hydrogen-bond acceptors (Lipinski definition) is 3. The van der Waals surface area contributed by atoms with Crippen LogP contribution in [0.25, 0.3) is 11.1 Å². The maximum absolute atomic E-state index is 12.7. The van der Waals surface area contributed by atoms with Gasteiger partial charge < -0.3 is 10.4 Å². The molecule has 0 radical (unpaired) electrons. The van der Waals surface area contributed by atoms with Crippen molar-refractivity contribution in [1.82, 2.24) is 5.32 Å². The number of carboxylic acid groups (broad SMARTS) is 1. The van der Waals surface area contributed by atoms with Crippen molar-refractivity contribution in [3.8, 4) is 11.1 Å².